The fourth-order valence-corrected chi connectivity index (χ4v) is 1.44. The molecule has 1 aromatic carbocycles. The molecule has 0 unspecified atom stereocenters. The van der Waals surface area contributed by atoms with Crippen LogP contribution in [0.5, 0.6) is 0 Å². The zero-order chi connectivity index (χ0) is 12.0. The molecular formula is C12H16FNO2. The average Bonchev–Trinajstić information content (AvgIpc) is 2.26. The second-order valence-electron chi connectivity index (χ2n) is 3.71. The lowest BCUT2D eigenvalue weighted by Gasteiger charge is -2.14. The van der Waals surface area contributed by atoms with Gasteiger partial charge in [-0.1, -0.05) is 19.1 Å². The first-order chi connectivity index (χ1) is 7.61. The predicted octanol–water partition coefficient (Wildman–Crippen LogP) is 2.17. The van der Waals surface area contributed by atoms with Crippen molar-refractivity contribution in [3.63, 3.8) is 0 Å². The van der Waals surface area contributed by atoms with Crippen LogP contribution in [0.3, 0.4) is 0 Å². The van der Waals surface area contributed by atoms with Crippen molar-refractivity contribution < 1.29 is 14.3 Å². The molecule has 2 N–H and O–H groups in total. The summed E-state index contributed by atoms with van der Waals surface area (Å²) in [6.07, 6.45) is 0.866. The van der Waals surface area contributed by atoms with Gasteiger partial charge in [-0.25, -0.2) is 4.39 Å². The maximum absolute atomic E-state index is 12.6. The summed E-state index contributed by atoms with van der Waals surface area (Å²) in [6.45, 7) is 2.50. The lowest BCUT2D eigenvalue weighted by Crippen LogP contribution is -2.30. The fourth-order valence-electron chi connectivity index (χ4n) is 1.44. The van der Waals surface area contributed by atoms with Gasteiger partial charge in [-0.3, -0.25) is 4.79 Å². The number of aliphatic carboxylic acids is 1. The minimum absolute atomic E-state index is 0.0393. The number of halogens is 1. The van der Waals surface area contributed by atoms with Crippen molar-refractivity contribution in [1.82, 2.24) is 5.32 Å². The van der Waals surface area contributed by atoms with Gasteiger partial charge < -0.3 is 10.4 Å². The maximum Gasteiger partial charge on any atom is 0.304 e. The Kier molecular flexibility index (Phi) is 4.92. The normalized spacial score (nSPS) is 12.4. The summed E-state index contributed by atoms with van der Waals surface area (Å²) in [6, 6.07) is 6.14. The van der Waals surface area contributed by atoms with Crippen LogP contribution in [0.4, 0.5) is 4.39 Å². The van der Waals surface area contributed by atoms with Crippen LogP contribution in [-0.2, 0) is 11.3 Å². The highest BCUT2D eigenvalue weighted by Crippen LogP contribution is 2.04. The number of rotatable bonds is 6. The van der Waals surface area contributed by atoms with Gasteiger partial charge in [0.2, 0.25) is 0 Å². The lowest BCUT2D eigenvalue weighted by atomic mass is 10.1. The quantitative estimate of drug-likeness (QED) is 0.780. The van der Waals surface area contributed by atoms with Crippen LogP contribution >= 0.6 is 0 Å². The highest BCUT2D eigenvalue weighted by atomic mass is 19.1. The first-order valence-electron chi connectivity index (χ1n) is 5.31. The van der Waals surface area contributed by atoms with Crippen molar-refractivity contribution in [3.8, 4) is 0 Å². The summed E-state index contributed by atoms with van der Waals surface area (Å²) < 4.78 is 12.6. The molecule has 0 spiro atoms. The minimum Gasteiger partial charge on any atom is -0.481 e. The predicted molar refractivity (Wildman–Crippen MR) is 59.6 cm³/mol. The van der Waals surface area contributed by atoms with Crippen molar-refractivity contribution >= 4 is 5.97 Å². The van der Waals surface area contributed by atoms with Gasteiger partial charge in [-0.15, -0.1) is 0 Å². The summed E-state index contributed by atoms with van der Waals surface area (Å²) in [5, 5.41) is 11.8. The molecule has 0 fully saturated rings. The monoisotopic (exact) mass is 225 g/mol. The highest BCUT2D eigenvalue weighted by Gasteiger charge is 2.09. The number of hydrogen-bond acceptors (Lipinski definition) is 2. The maximum atomic E-state index is 12.6. The van der Waals surface area contributed by atoms with Gasteiger partial charge in [0.25, 0.3) is 0 Å². The zero-order valence-corrected chi connectivity index (χ0v) is 9.24. The van der Waals surface area contributed by atoms with E-state index in [-0.39, 0.29) is 18.3 Å². The highest BCUT2D eigenvalue weighted by molar-refractivity contribution is 5.67. The van der Waals surface area contributed by atoms with Gasteiger partial charge in [0, 0.05) is 12.6 Å². The Balaban J connectivity index is 2.43. The molecule has 3 nitrogen and oxygen atoms in total. The van der Waals surface area contributed by atoms with E-state index >= 15 is 0 Å². The van der Waals surface area contributed by atoms with Crippen LogP contribution in [0.2, 0.25) is 0 Å². The summed E-state index contributed by atoms with van der Waals surface area (Å²) in [7, 11) is 0. The van der Waals surface area contributed by atoms with Gasteiger partial charge >= 0.3 is 5.97 Å². The second kappa shape index (κ2) is 6.23. The van der Waals surface area contributed by atoms with E-state index in [2.05, 4.69) is 5.32 Å². The molecule has 1 atom stereocenters. The van der Waals surface area contributed by atoms with E-state index in [1.54, 1.807) is 12.1 Å². The van der Waals surface area contributed by atoms with Crippen molar-refractivity contribution in [2.75, 3.05) is 0 Å². The lowest BCUT2D eigenvalue weighted by molar-refractivity contribution is -0.137. The number of carboxylic acids is 1. The summed E-state index contributed by atoms with van der Waals surface area (Å²) in [5.41, 5.74) is 0.949. The Morgan fingerprint density at radius 1 is 1.44 bits per heavy atom. The van der Waals surface area contributed by atoms with Gasteiger partial charge in [0.1, 0.15) is 5.82 Å². The van der Waals surface area contributed by atoms with Gasteiger partial charge in [0.15, 0.2) is 0 Å². The standard InChI is InChI=1S/C12H16FNO2/c1-2-11(7-12(15)16)14-8-9-3-5-10(13)6-4-9/h3-6,11,14H,2,7-8H2,1H3,(H,15,16)/t11-/m0/s1. The van der Waals surface area contributed by atoms with Crippen LogP contribution in [0.25, 0.3) is 0 Å². The van der Waals surface area contributed by atoms with E-state index < -0.39 is 5.97 Å². The van der Waals surface area contributed by atoms with Crippen molar-refractivity contribution in [2.24, 2.45) is 0 Å². The van der Waals surface area contributed by atoms with E-state index in [1.165, 1.54) is 12.1 Å². The van der Waals surface area contributed by atoms with Crippen LogP contribution in [0.1, 0.15) is 25.3 Å². The van der Waals surface area contributed by atoms with Crippen LogP contribution in [0, 0.1) is 5.82 Å². The molecule has 0 amide bonds. The number of benzene rings is 1. The van der Waals surface area contributed by atoms with Crippen LogP contribution in [-0.4, -0.2) is 17.1 Å². The van der Waals surface area contributed by atoms with E-state index in [0.717, 1.165) is 12.0 Å². The molecule has 4 heteroatoms. The van der Waals surface area contributed by atoms with Gasteiger partial charge in [-0.05, 0) is 24.1 Å². The topological polar surface area (TPSA) is 49.3 Å². The second-order valence-corrected chi connectivity index (χ2v) is 3.71. The third-order valence-electron chi connectivity index (χ3n) is 2.42. The average molecular weight is 225 g/mol. The Hall–Kier alpha value is -1.42. The number of hydrogen-bond donors (Lipinski definition) is 2. The zero-order valence-electron chi connectivity index (χ0n) is 9.24. The molecule has 0 aliphatic heterocycles. The van der Waals surface area contributed by atoms with Crippen molar-refractivity contribution in [2.45, 2.75) is 32.4 Å². The van der Waals surface area contributed by atoms with E-state index in [0.29, 0.717) is 6.54 Å². The third-order valence-corrected chi connectivity index (χ3v) is 2.42. The third kappa shape index (κ3) is 4.40. The molecule has 88 valence electrons. The number of carboxylic acid groups (broad SMARTS) is 1. The molecule has 0 aromatic heterocycles. The summed E-state index contributed by atoms with van der Waals surface area (Å²) >= 11 is 0. The van der Waals surface area contributed by atoms with Crippen molar-refractivity contribution in [3.05, 3.63) is 35.6 Å². The summed E-state index contributed by atoms with van der Waals surface area (Å²) in [4.78, 5) is 10.5. The molecule has 0 radical (unpaired) electrons. The van der Waals surface area contributed by atoms with Crippen molar-refractivity contribution in [1.29, 1.82) is 0 Å². The van der Waals surface area contributed by atoms with E-state index in [9.17, 15) is 9.18 Å². The first-order valence-corrected chi connectivity index (χ1v) is 5.31. The summed E-state index contributed by atoms with van der Waals surface area (Å²) in [5.74, 6) is -1.07. The Morgan fingerprint density at radius 2 is 2.06 bits per heavy atom. The Labute approximate surface area is 94.3 Å². The van der Waals surface area contributed by atoms with E-state index in [1.807, 2.05) is 6.92 Å². The molecule has 0 saturated heterocycles. The number of nitrogens with one attached hydrogen (secondary N) is 1. The molecule has 0 heterocycles. The molecule has 1 rings (SSSR count). The van der Waals surface area contributed by atoms with Crippen LogP contribution in [0.15, 0.2) is 24.3 Å². The molecule has 0 bridgehead atoms. The first kappa shape index (κ1) is 12.6. The molecule has 1 aromatic rings. The number of carbonyl (C=O) groups is 1. The van der Waals surface area contributed by atoms with E-state index in [4.69, 9.17) is 5.11 Å². The SMILES string of the molecule is CC[C@@H](CC(=O)O)NCc1ccc(F)cc1. The largest absolute Gasteiger partial charge is 0.481 e. The van der Waals surface area contributed by atoms with Gasteiger partial charge in [0.05, 0.1) is 6.42 Å². The molecule has 16 heavy (non-hydrogen) atoms. The Bertz CT molecular complexity index is 337. The molecule has 0 aliphatic rings. The molecule has 0 aliphatic carbocycles. The molecular weight excluding hydrogens is 209 g/mol. The minimum atomic E-state index is -0.807. The molecule has 0 saturated carbocycles. The smallest absolute Gasteiger partial charge is 0.304 e. The van der Waals surface area contributed by atoms with Gasteiger partial charge in [-0.2, -0.15) is 0 Å². The van der Waals surface area contributed by atoms with Crippen LogP contribution < -0.4 is 5.32 Å². The fraction of sp³-hybridized carbons (Fsp3) is 0.417. The Morgan fingerprint density at radius 3 is 2.56 bits per heavy atom.